The number of fused-ring (bicyclic) bond motifs is 1. The fraction of sp³-hybridized carbons (Fsp3) is 0.286. The lowest BCUT2D eigenvalue weighted by Crippen LogP contribution is -2.21. The van der Waals surface area contributed by atoms with E-state index in [4.69, 9.17) is 0 Å². The summed E-state index contributed by atoms with van der Waals surface area (Å²) in [4.78, 5) is 8.62. The van der Waals surface area contributed by atoms with Gasteiger partial charge in [-0.15, -0.1) is 0 Å². The molecule has 0 saturated heterocycles. The van der Waals surface area contributed by atoms with Crippen LogP contribution in [0.5, 0.6) is 0 Å². The molecular weight excluding hydrogens is 210 g/mol. The van der Waals surface area contributed by atoms with Crippen LogP contribution in [0.1, 0.15) is 19.3 Å². The highest BCUT2D eigenvalue weighted by Gasteiger charge is 2.11. The molecule has 3 rings (SSSR count). The van der Waals surface area contributed by atoms with Gasteiger partial charge in [0.15, 0.2) is 0 Å². The molecule has 17 heavy (non-hydrogen) atoms. The van der Waals surface area contributed by atoms with E-state index in [0.29, 0.717) is 6.04 Å². The van der Waals surface area contributed by atoms with Crippen molar-refractivity contribution in [3.8, 4) is 0 Å². The van der Waals surface area contributed by atoms with E-state index in [1.165, 1.54) is 6.42 Å². The molecule has 0 aliphatic heterocycles. The Morgan fingerprint density at radius 1 is 1.12 bits per heavy atom. The van der Waals surface area contributed by atoms with Crippen LogP contribution in [-0.4, -0.2) is 16.0 Å². The van der Waals surface area contributed by atoms with Gasteiger partial charge >= 0.3 is 0 Å². The first kappa shape index (κ1) is 10.3. The number of aromatic nitrogens is 2. The highest BCUT2D eigenvalue weighted by Crippen LogP contribution is 2.22. The first-order valence-corrected chi connectivity index (χ1v) is 6.05. The molecule has 0 radical (unpaired) electrons. The third kappa shape index (κ3) is 2.13. The number of benzene rings is 1. The van der Waals surface area contributed by atoms with Crippen LogP contribution in [0.3, 0.4) is 0 Å². The van der Waals surface area contributed by atoms with Gasteiger partial charge in [-0.25, -0.2) is 9.97 Å². The Labute approximate surface area is 101 Å². The average Bonchev–Trinajstić information content (AvgIpc) is 2.40. The number of hydrogen-bond acceptors (Lipinski definition) is 3. The second kappa shape index (κ2) is 4.53. The molecule has 3 nitrogen and oxygen atoms in total. The summed E-state index contributed by atoms with van der Waals surface area (Å²) < 4.78 is 0. The number of nitrogens with one attached hydrogen (secondary N) is 1. The van der Waals surface area contributed by atoms with Gasteiger partial charge in [-0.3, -0.25) is 0 Å². The molecule has 0 amide bonds. The van der Waals surface area contributed by atoms with E-state index in [9.17, 15) is 0 Å². The molecule has 0 saturated carbocycles. The van der Waals surface area contributed by atoms with Gasteiger partial charge in [0.25, 0.3) is 0 Å². The van der Waals surface area contributed by atoms with Crippen LogP contribution in [0.15, 0.2) is 42.7 Å². The number of allylic oxidation sites excluding steroid dienone is 1. The first-order valence-electron chi connectivity index (χ1n) is 6.05. The Bertz CT molecular complexity index is 543. The highest BCUT2D eigenvalue weighted by molar-refractivity contribution is 5.88. The lowest BCUT2D eigenvalue weighted by Gasteiger charge is -2.20. The molecule has 1 atom stereocenters. The minimum Gasteiger partial charge on any atom is -0.366 e. The Morgan fingerprint density at radius 3 is 2.94 bits per heavy atom. The second-order valence-electron chi connectivity index (χ2n) is 4.37. The number of anilines is 1. The summed E-state index contributed by atoms with van der Waals surface area (Å²) in [6.45, 7) is 0. The predicted octanol–water partition coefficient (Wildman–Crippen LogP) is 3.15. The van der Waals surface area contributed by atoms with Gasteiger partial charge in [0.1, 0.15) is 12.1 Å². The van der Waals surface area contributed by atoms with Crippen LogP contribution < -0.4 is 5.32 Å². The van der Waals surface area contributed by atoms with Crippen LogP contribution in [0.25, 0.3) is 10.9 Å². The minimum absolute atomic E-state index is 0.498. The van der Waals surface area contributed by atoms with Gasteiger partial charge in [-0.05, 0) is 31.4 Å². The summed E-state index contributed by atoms with van der Waals surface area (Å²) in [7, 11) is 0. The molecule has 86 valence electrons. The summed E-state index contributed by atoms with van der Waals surface area (Å²) in [6.07, 6.45) is 9.53. The van der Waals surface area contributed by atoms with Crippen LogP contribution >= 0.6 is 0 Å². The fourth-order valence-corrected chi connectivity index (χ4v) is 2.24. The molecule has 0 spiro atoms. The molecule has 3 heteroatoms. The van der Waals surface area contributed by atoms with E-state index < -0.39 is 0 Å². The Morgan fingerprint density at radius 2 is 2.06 bits per heavy atom. The van der Waals surface area contributed by atoms with Crippen molar-refractivity contribution in [3.63, 3.8) is 0 Å². The number of para-hydroxylation sites is 1. The Hall–Kier alpha value is -1.90. The summed E-state index contributed by atoms with van der Waals surface area (Å²) in [5, 5.41) is 4.62. The minimum atomic E-state index is 0.498. The third-order valence-corrected chi connectivity index (χ3v) is 3.15. The normalized spacial score (nSPS) is 19.4. The van der Waals surface area contributed by atoms with Crippen molar-refractivity contribution in [3.05, 3.63) is 42.7 Å². The van der Waals surface area contributed by atoms with Gasteiger partial charge in [0, 0.05) is 11.4 Å². The molecule has 1 heterocycles. The van der Waals surface area contributed by atoms with Crippen molar-refractivity contribution < 1.29 is 0 Å². The van der Waals surface area contributed by atoms with Gasteiger partial charge < -0.3 is 5.32 Å². The molecule has 1 aliphatic carbocycles. The number of hydrogen-bond donors (Lipinski definition) is 1. The maximum atomic E-state index is 4.35. The largest absolute Gasteiger partial charge is 0.366 e. The molecule has 1 aromatic carbocycles. The zero-order chi connectivity index (χ0) is 11.5. The average molecular weight is 225 g/mol. The maximum absolute atomic E-state index is 4.35. The van der Waals surface area contributed by atoms with E-state index in [1.807, 2.05) is 18.2 Å². The SMILES string of the molecule is C1=CCC(Nc2ncnc3ccccc23)CC1. The molecule has 1 aromatic heterocycles. The topological polar surface area (TPSA) is 37.8 Å². The van der Waals surface area contributed by atoms with E-state index in [1.54, 1.807) is 6.33 Å². The summed E-state index contributed by atoms with van der Waals surface area (Å²) >= 11 is 0. The Kier molecular flexibility index (Phi) is 2.74. The van der Waals surface area contributed by atoms with E-state index in [2.05, 4.69) is 33.5 Å². The molecule has 0 fully saturated rings. The molecule has 1 N–H and O–H groups in total. The molecular formula is C14H15N3. The van der Waals surface area contributed by atoms with Gasteiger partial charge in [0.2, 0.25) is 0 Å². The lowest BCUT2D eigenvalue weighted by atomic mass is 10.0. The summed E-state index contributed by atoms with van der Waals surface area (Å²) in [5.41, 5.74) is 0.997. The third-order valence-electron chi connectivity index (χ3n) is 3.15. The monoisotopic (exact) mass is 225 g/mol. The molecule has 0 bridgehead atoms. The van der Waals surface area contributed by atoms with Gasteiger partial charge in [-0.1, -0.05) is 24.3 Å². The van der Waals surface area contributed by atoms with Gasteiger partial charge in [-0.2, -0.15) is 0 Å². The standard InChI is InChI=1S/C14H15N3/c1-2-6-11(7-3-1)17-14-12-8-4-5-9-13(12)15-10-16-14/h1-2,4-5,8-11H,3,6-7H2,(H,15,16,17). The summed E-state index contributed by atoms with van der Waals surface area (Å²) in [6, 6.07) is 8.61. The van der Waals surface area contributed by atoms with Crippen molar-refractivity contribution in [2.24, 2.45) is 0 Å². The zero-order valence-electron chi connectivity index (χ0n) is 9.63. The fourth-order valence-electron chi connectivity index (χ4n) is 2.24. The quantitative estimate of drug-likeness (QED) is 0.798. The summed E-state index contributed by atoms with van der Waals surface area (Å²) in [5.74, 6) is 0.955. The first-order chi connectivity index (χ1) is 8.43. The van der Waals surface area contributed by atoms with Crippen LogP contribution in [-0.2, 0) is 0 Å². The van der Waals surface area contributed by atoms with Crippen molar-refractivity contribution in [2.75, 3.05) is 5.32 Å². The van der Waals surface area contributed by atoms with Gasteiger partial charge in [0.05, 0.1) is 5.52 Å². The maximum Gasteiger partial charge on any atom is 0.137 e. The van der Waals surface area contributed by atoms with E-state index >= 15 is 0 Å². The number of rotatable bonds is 2. The van der Waals surface area contributed by atoms with Crippen LogP contribution in [0.2, 0.25) is 0 Å². The van der Waals surface area contributed by atoms with Crippen molar-refractivity contribution in [1.29, 1.82) is 0 Å². The smallest absolute Gasteiger partial charge is 0.137 e. The van der Waals surface area contributed by atoms with Crippen LogP contribution in [0.4, 0.5) is 5.82 Å². The molecule has 1 unspecified atom stereocenters. The Balaban J connectivity index is 1.92. The van der Waals surface area contributed by atoms with Crippen molar-refractivity contribution in [1.82, 2.24) is 9.97 Å². The zero-order valence-corrected chi connectivity index (χ0v) is 9.63. The van der Waals surface area contributed by atoms with E-state index in [-0.39, 0.29) is 0 Å². The second-order valence-corrected chi connectivity index (χ2v) is 4.37. The van der Waals surface area contributed by atoms with E-state index in [0.717, 1.165) is 29.6 Å². The number of nitrogens with zero attached hydrogens (tertiary/aromatic N) is 2. The van der Waals surface area contributed by atoms with Crippen LogP contribution in [0, 0.1) is 0 Å². The molecule has 1 aliphatic rings. The molecule has 2 aromatic rings. The van der Waals surface area contributed by atoms with Crippen molar-refractivity contribution in [2.45, 2.75) is 25.3 Å². The van der Waals surface area contributed by atoms with Crippen molar-refractivity contribution >= 4 is 16.7 Å². The lowest BCUT2D eigenvalue weighted by molar-refractivity contribution is 0.643. The highest BCUT2D eigenvalue weighted by atomic mass is 15.0. The predicted molar refractivity (Wildman–Crippen MR) is 69.9 cm³/mol.